The van der Waals surface area contributed by atoms with Gasteiger partial charge in [-0.2, -0.15) is 0 Å². The standard InChI is InChI=1S/C39H42N2O8/c1-4-5-6-7-8-22-48-32-19-15-29(16-20-32)39(46)49-34-21-12-27(25-35(34)47-3)24-33(38(44)45)41-36(42)28-13-17-31(18-14-28)40-37(43)30-11-9-10-26(2)23-30/h9-21,23,25,33H,4-8,22,24H2,1-3H3,(H,40,43)(H,41,42)(H,44,45). The molecule has 0 aliphatic heterocycles. The number of carbonyl (C=O) groups excluding carboxylic acids is 3. The van der Waals surface area contributed by atoms with Gasteiger partial charge >= 0.3 is 11.9 Å². The highest BCUT2D eigenvalue weighted by Gasteiger charge is 2.23. The molecule has 10 nitrogen and oxygen atoms in total. The summed E-state index contributed by atoms with van der Waals surface area (Å²) in [5, 5.41) is 15.2. The second-order valence-electron chi connectivity index (χ2n) is 11.6. The molecule has 1 unspecified atom stereocenters. The number of unbranched alkanes of at least 4 members (excludes halogenated alkanes) is 4. The summed E-state index contributed by atoms with van der Waals surface area (Å²) >= 11 is 0. The summed E-state index contributed by atoms with van der Waals surface area (Å²) < 4.78 is 16.8. The molecule has 0 fully saturated rings. The molecule has 256 valence electrons. The molecule has 0 spiro atoms. The van der Waals surface area contributed by atoms with Gasteiger partial charge in [-0.3, -0.25) is 9.59 Å². The van der Waals surface area contributed by atoms with E-state index in [1.54, 1.807) is 66.7 Å². The van der Waals surface area contributed by atoms with Gasteiger partial charge in [-0.05, 0) is 91.7 Å². The summed E-state index contributed by atoms with van der Waals surface area (Å²) in [6, 6.07) is 23.5. The molecule has 0 aromatic heterocycles. The van der Waals surface area contributed by atoms with E-state index in [4.69, 9.17) is 14.2 Å². The first-order chi connectivity index (χ1) is 23.7. The third-order valence-electron chi connectivity index (χ3n) is 7.77. The summed E-state index contributed by atoms with van der Waals surface area (Å²) in [5.74, 6) is -1.63. The number of hydrogen-bond acceptors (Lipinski definition) is 7. The molecule has 0 radical (unpaired) electrons. The third-order valence-corrected chi connectivity index (χ3v) is 7.77. The molecule has 4 aromatic rings. The first-order valence-corrected chi connectivity index (χ1v) is 16.3. The molecule has 0 bridgehead atoms. The van der Waals surface area contributed by atoms with Crippen LogP contribution >= 0.6 is 0 Å². The second kappa shape index (κ2) is 18.1. The number of amides is 2. The monoisotopic (exact) mass is 666 g/mol. The molecule has 4 aromatic carbocycles. The first kappa shape index (κ1) is 36.2. The molecule has 0 aliphatic carbocycles. The largest absolute Gasteiger partial charge is 0.494 e. The molecule has 49 heavy (non-hydrogen) atoms. The molecule has 0 saturated carbocycles. The minimum Gasteiger partial charge on any atom is -0.494 e. The van der Waals surface area contributed by atoms with Crippen molar-refractivity contribution < 1.29 is 38.5 Å². The van der Waals surface area contributed by atoms with Gasteiger partial charge in [-0.15, -0.1) is 0 Å². The maximum Gasteiger partial charge on any atom is 0.343 e. The Labute approximate surface area is 286 Å². The van der Waals surface area contributed by atoms with Gasteiger partial charge in [-0.25, -0.2) is 9.59 Å². The van der Waals surface area contributed by atoms with Crippen molar-refractivity contribution in [3.05, 3.63) is 119 Å². The first-order valence-electron chi connectivity index (χ1n) is 16.3. The van der Waals surface area contributed by atoms with Crippen LogP contribution in [0.25, 0.3) is 0 Å². The van der Waals surface area contributed by atoms with Crippen LogP contribution < -0.4 is 24.8 Å². The van der Waals surface area contributed by atoms with Gasteiger partial charge in [-0.1, -0.05) is 56.4 Å². The molecular weight excluding hydrogens is 624 g/mol. The van der Waals surface area contributed by atoms with Gasteiger partial charge < -0.3 is 30.0 Å². The van der Waals surface area contributed by atoms with Crippen molar-refractivity contribution in [2.45, 2.75) is 58.4 Å². The molecule has 0 heterocycles. The van der Waals surface area contributed by atoms with Gasteiger partial charge in [0.1, 0.15) is 11.8 Å². The lowest BCUT2D eigenvalue weighted by Crippen LogP contribution is -2.42. The average molecular weight is 667 g/mol. The maximum atomic E-state index is 12.9. The van der Waals surface area contributed by atoms with Crippen molar-refractivity contribution in [3.8, 4) is 17.2 Å². The highest BCUT2D eigenvalue weighted by atomic mass is 16.6. The minimum absolute atomic E-state index is 0.0592. The van der Waals surface area contributed by atoms with E-state index in [0.29, 0.717) is 34.7 Å². The number of aliphatic carboxylic acids is 1. The van der Waals surface area contributed by atoms with Crippen molar-refractivity contribution in [2.75, 3.05) is 19.0 Å². The second-order valence-corrected chi connectivity index (χ2v) is 11.6. The number of benzene rings is 4. The zero-order valence-electron chi connectivity index (χ0n) is 28.0. The van der Waals surface area contributed by atoms with Crippen LogP contribution in [0.4, 0.5) is 5.69 Å². The molecule has 0 aliphatic rings. The van der Waals surface area contributed by atoms with Gasteiger partial charge in [0.2, 0.25) is 0 Å². The minimum atomic E-state index is -1.26. The van der Waals surface area contributed by atoms with Crippen molar-refractivity contribution in [1.82, 2.24) is 5.32 Å². The molecule has 10 heteroatoms. The molecule has 2 amide bonds. The Kier molecular flexibility index (Phi) is 13.3. The van der Waals surface area contributed by atoms with Crippen LogP contribution in [0.5, 0.6) is 17.2 Å². The summed E-state index contributed by atoms with van der Waals surface area (Å²) in [4.78, 5) is 50.4. The zero-order chi connectivity index (χ0) is 35.2. The van der Waals surface area contributed by atoms with E-state index in [1.807, 2.05) is 13.0 Å². The van der Waals surface area contributed by atoms with Crippen molar-refractivity contribution >= 4 is 29.4 Å². The number of ether oxygens (including phenoxy) is 3. The van der Waals surface area contributed by atoms with E-state index >= 15 is 0 Å². The summed E-state index contributed by atoms with van der Waals surface area (Å²) in [6.07, 6.45) is 5.65. The highest BCUT2D eigenvalue weighted by Crippen LogP contribution is 2.30. The van der Waals surface area contributed by atoms with Gasteiger partial charge in [0.15, 0.2) is 11.5 Å². The Balaban J connectivity index is 1.32. The molecular formula is C39H42N2O8. The van der Waals surface area contributed by atoms with Crippen LogP contribution in [0.3, 0.4) is 0 Å². The van der Waals surface area contributed by atoms with Crippen LogP contribution in [0.2, 0.25) is 0 Å². The van der Waals surface area contributed by atoms with Crippen LogP contribution in [0, 0.1) is 6.92 Å². The van der Waals surface area contributed by atoms with Crippen LogP contribution in [0.1, 0.15) is 81.2 Å². The van der Waals surface area contributed by atoms with Gasteiger partial charge in [0.05, 0.1) is 19.3 Å². The summed E-state index contributed by atoms with van der Waals surface area (Å²) in [5.41, 5.74) is 3.04. The molecule has 4 rings (SSSR count). The van der Waals surface area contributed by atoms with Crippen molar-refractivity contribution in [3.63, 3.8) is 0 Å². The van der Waals surface area contributed by atoms with Crippen LogP contribution in [0.15, 0.2) is 91.0 Å². The van der Waals surface area contributed by atoms with E-state index in [9.17, 15) is 24.3 Å². The van der Waals surface area contributed by atoms with Gasteiger partial charge in [0, 0.05) is 23.2 Å². The maximum absolute atomic E-state index is 12.9. The highest BCUT2D eigenvalue weighted by molar-refractivity contribution is 6.04. The number of carboxylic acid groups (broad SMARTS) is 1. The number of anilines is 1. The number of hydrogen-bond donors (Lipinski definition) is 3. The van der Waals surface area contributed by atoms with Gasteiger partial charge in [0.25, 0.3) is 11.8 Å². The molecule has 3 N–H and O–H groups in total. The average Bonchev–Trinajstić information content (AvgIpc) is 3.10. The van der Waals surface area contributed by atoms with E-state index in [-0.39, 0.29) is 29.4 Å². The predicted octanol–water partition coefficient (Wildman–Crippen LogP) is 7.25. The van der Waals surface area contributed by atoms with Crippen molar-refractivity contribution in [1.29, 1.82) is 0 Å². The zero-order valence-corrected chi connectivity index (χ0v) is 28.0. The number of methoxy groups -OCH3 is 1. The Morgan fingerprint density at radius 3 is 2.14 bits per heavy atom. The number of carbonyl (C=O) groups is 4. The lowest BCUT2D eigenvalue weighted by molar-refractivity contribution is -0.139. The fourth-order valence-corrected chi connectivity index (χ4v) is 5.04. The van der Waals surface area contributed by atoms with Crippen molar-refractivity contribution in [2.24, 2.45) is 0 Å². The van der Waals surface area contributed by atoms with Crippen LogP contribution in [-0.2, 0) is 11.2 Å². The molecule has 1 atom stereocenters. The molecule has 0 saturated heterocycles. The number of carboxylic acids is 1. The Bertz CT molecular complexity index is 1740. The van der Waals surface area contributed by atoms with Crippen LogP contribution in [-0.4, -0.2) is 48.6 Å². The fraction of sp³-hybridized carbons (Fsp3) is 0.282. The number of rotatable bonds is 17. The number of esters is 1. The van der Waals surface area contributed by atoms with E-state index < -0.39 is 23.9 Å². The Hall–Kier alpha value is -5.64. The quantitative estimate of drug-likeness (QED) is 0.0608. The van der Waals surface area contributed by atoms with E-state index in [0.717, 1.165) is 18.4 Å². The lowest BCUT2D eigenvalue weighted by atomic mass is 10.0. The summed E-state index contributed by atoms with van der Waals surface area (Å²) in [7, 11) is 1.41. The number of aryl methyl sites for hydroxylation is 1. The topological polar surface area (TPSA) is 140 Å². The fourth-order valence-electron chi connectivity index (χ4n) is 5.04. The van der Waals surface area contributed by atoms with E-state index in [1.165, 1.54) is 44.6 Å². The third kappa shape index (κ3) is 11.0. The Morgan fingerprint density at radius 1 is 0.755 bits per heavy atom. The Morgan fingerprint density at radius 2 is 1.47 bits per heavy atom. The smallest absolute Gasteiger partial charge is 0.343 e. The lowest BCUT2D eigenvalue weighted by Gasteiger charge is -2.16. The summed E-state index contributed by atoms with van der Waals surface area (Å²) in [6.45, 7) is 4.69. The SMILES string of the molecule is CCCCCCCOc1ccc(C(=O)Oc2ccc(CC(NC(=O)c3ccc(NC(=O)c4cccc(C)c4)cc3)C(=O)O)cc2OC)cc1. The van der Waals surface area contributed by atoms with E-state index in [2.05, 4.69) is 17.6 Å². The number of nitrogens with one attached hydrogen (secondary N) is 2. The predicted molar refractivity (Wildman–Crippen MR) is 187 cm³/mol. The normalized spacial score (nSPS) is 11.2.